The third-order valence-corrected chi connectivity index (χ3v) is 4.40. The number of halogens is 1. The van der Waals surface area contributed by atoms with E-state index in [1.165, 1.54) is 0 Å². The van der Waals surface area contributed by atoms with Gasteiger partial charge in [-0.2, -0.15) is 10.2 Å². The summed E-state index contributed by atoms with van der Waals surface area (Å²) in [5, 5.41) is 11.7. The second kappa shape index (κ2) is 5.86. The van der Waals surface area contributed by atoms with Crippen LogP contribution < -0.4 is 0 Å². The predicted molar refractivity (Wildman–Crippen MR) is 95.1 cm³/mol. The van der Waals surface area contributed by atoms with Crippen molar-refractivity contribution in [2.75, 3.05) is 0 Å². The van der Waals surface area contributed by atoms with E-state index in [9.17, 15) is 0 Å². The van der Waals surface area contributed by atoms with Crippen molar-refractivity contribution in [2.24, 2.45) is 0 Å². The molecule has 0 saturated heterocycles. The number of imidazole rings is 1. The van der Waals surface area contributed by atoms with E-state index < -0.39 is 0 Å². The molecule has 1 aliphatic rings. The molecule has 0 radical (unpaired) electrons. The van der Waals surface area contributed by atoms with E-state index in [0.717, 1.165) is 40.0 Å². The number of H-pyrrole nitrogens is 1. The molecule has 0 atom stereocenters. The topological polar surface area (TPSA) is 77.2 Å². The largest absolute Gasteiger partial charge is 0.300 e. The van der Waals surface area contributed by atoms with Crippen LogP contribution in [-0.4, -0.2) is 34.5 Å². The molecule has 5 rings (SSSR count). The highest BCUT2D eigenvalue weighted by Crippen LogP contribution is 2.31. The molecular weight excluding hydrogens is 338 g/mol. The van der Waals surface area contributed by atoms with E-state index in [2.05, 4.69) is 31.9 Å². The molecule has 1 aromatic carbocycles. The Balaban J connectivity index is 0.00000157. The lowest BCUT2D eigenvalue weighted by atomic mass is 10.1. The van der Waals surface area contributed by atoms with Crippen LogP contribution in [0.3, 0.4) is 0 Å². The van der Waals surface area contributed by atoms with Crippen LogP contribution >= 0.6 is 12.4 Å². The highest BCUT2D eigenvalue weighted by atomic mass is 35.5. The average Bonchev–Trinajstić information content (AvgIpc) is 3.30. The number of rotatable bonds is 2. The van der Waals surface area contributed by atoms with Gasteiger partial charge in [0.1, 0.15) is 0 Å². The van der Waals surface area contributed by atoms with Gasteiger partial charge >= 0.3 is 0 Å². The molecule has 0 fully saturated rings. The summed E-state index contributed by atoms with van der Waals surface area (Å²) in [6.45, 7) is 2.69. The van der Waals surface area contributed by atoms with Gasteiger partial charge in [-0.25, -0.2) is 14.6 Å². The minimum atomic E-state index is 0. The fourth-order valence-electron chi connectivity index (χ4n) is 3.20. The summed E-state index contributed by atoms with van der Waals surface area (Å²) in [6, 6.07) is 10.2. The number of nitrogens with zero attached hydrogens (tertiary/aromatic N) is 6. The van der Waals surface area contributed by atoms with Crippen LogP contribution in [0.1, 0.15) is 22.9 Å². The number of nitrogens with one attached hydrogen (secondary N) is 1. The molecule has 1 aliphatic heterocycles. The molecule has 7 nitrogen and oxygen atoms in total. The number of hydrogen-bond acceptors (Lipinski definition) is 4. The molecule has 3 aromatic heterocycles. The smallest absolute Gasteiger partial charge is 0.160 e. The monoisotopic (exact) mass is 353 g/mol. The lowest BCUT2D eigenvalue weighted by molar-refractivity contribution is 0.663. The number of aromatic amines is 1. The highest BCUT2D eigenvalue weighted by molar-refractivity contribution is 5.85. The Morgan fingerprint density at radius 3 is 2.92 bits per heavy atom. The van der Waals surface area contributed by atoms with Gasteiger partial charge in [0.25, 0.3) is 0 Å². The summed E-state index contributed by atoms with van der Waals surface area (Å²) < 4.78 is 4.10. The summed E-state index contributed by atoms with van der Waals surface area (Å²) >= 11 is 0. The first kappa shape index (κ1) is 15.6. The Kier molecular flexibility index (Phi) is 3.65. The van der Waals surface area contributed by atoms with Crippen LogP contribution in [0, 0.1) is 6.92 Å². The molecule has 4 heterocycles. The van der Waals surface area contributed by atoms with Crippen molar-refractivity contribution in [1.29, 1.82) is 0 Å². The van der Waals surface area contributed by atoms with Gasteiger partial charge in [0.05, 0.1) is 36.4 Å². The summed E-state index contributed by atoms with van der Waals surface area (Å²) in [5.41, 5.74) is 5.32. The molecule has 4 aromatic rings. The Bertz CT molecular complexity index is 1030. The van der Waals surface area contributed by atoms with Gasteiger partial charge in [0.15, 0.2) is 11.6 Å². The van der Waals surface area contributed by atoms with E-state index in [-0.39, 0.29) is 12.4 Å². The van der Waals surface area contributed by atoms with Gasteiger partial charge in [-0.3, -0.25) is 5.10 Å². The van der Waals surface area contributed by atoms with Gasteiger partial charge in [0, 0.05) is 17.5 Å². The summed E-state index contributed by atoms with van der Waals surface area (Å²) in [5.74, 6) is 1.68. The highest BCUT2D eigenvalue weighted by Gasteiger charge is 2.23. The maximum absolute atomic E-state index is 4.79. The number of benzene rings is 1. The van der Waals surface area contributed by atoms with Gasteiger partial charge in [-0.05, 0) is 25.1 Å². The molecule has 0 aliphatic carbocycles. The fourth-order valence-corrected chi connectivity index (χ4v) is 3.20. The summed E-state index contributed by atoms with van der Waals surface area (Å²) in [4.78, 5) is 9.26. The van der Waals surface area contributed by atoms with Crippen molar-refractivity contribution in [3.8, 4) is 17.1 Å². The van der Waals surface area contributed by atoms with Crippen molar-refractivity contribution in [2.45, 2.75) is 19.9 Å². The normalized spacial score (nSPS) is 11.9. The van der Waals surface area contributed by atoms with Crippen molar-refractivity contribution in [3.05, 3.63) is 65.8 Å². The zero-order chi connectivity index (χ0) is 16.1. The minimum Gasteiger partial charge on any atom is -0.300 e. The Morgan fingerprint density at radius 1 is 1.20 bits per heavy atom. The molecule has 0 saturated carbocycles. The fraction of sp³-hybridized carbons (Fsp3) is 0.176. The van der Waals surface area contributed by atoms with Crippen LogP contribution in [0.4, 0.5) is 0 Å². The average molecular weight is 354 g/mol. The van der Waals surface area contributed by atoms with Gasteiger partial charge in [-0.15, -0.1) is 12.4 Å². The maximum Gasteiger partial charge on any atom is 0.160 e. The Labute approximate surface area is 150 Å². The third kappa shape index (κ3) is 2.44. The standard InChI is InChI=1S/C17H15N7.ClH/c1-11-15-9-24-17(20-16(22-24)8-12-6-7-19-21-12)13-4-2-3-5-14(13)23(15)10-18-11;/h2-7,10H,8-9H2,1H3,(H,19,21);1H. The SMILES string of the molecule is Cc1ncn2c1Cn1nc(Cc3ccn[nH]3)nc1-c1ccccc1-2.Cl. The molecule has 8 heteroatoms. The zero-order valence-corrected chi connectivity index (χ0v) is 14.4. The van der Waals surface area contributed by atoms with Crippen molar-refractivity contribution in [3.63, 3.8) is 0 Å². The van der Waals surface area contributed by atoms with E-state index in [1.54, 1.807) is 6.20 Å². The Morgan fingerprint density at radius 2 is 2.08 bits per heavy atom. The van der Waals surface area contributed by atoms with Crippen LogP contribution in [0.2, 0.25) is 0 Å². The van der Waals surface area contributed by atoms with Crippen molar-refractivity contribution < 1.29 is 0 Å². The quantitative estimate of drug-likeness (QED) is 0.529. The van der Waals surface area contributed by atoms with E-state index >= 15 is 0 Å². The van der Waals surface area contributed by atoms with E-state index in [1.807, 2.05) is 36.1 Å². The molecule has 25 heavy (non-hydrogen) atoms. The predicted octanol–water partition coefficient (Wildman–Crippen LogP) is 2.54. The minimum absolute atomic E-state index is 0. The Hall–Kier alpha value is -2.93. The van der Waals surface area contributed by atoms with Crippen molar-refractivity contribution in [1.82, 2.24) is 34.5 Å². The molecule has 0 unspecified atom stereocenters. The number of para-hydroxylation sites is 1. The van der Waals surface area contributed by atoms with E-state index in [0.29, 0.717) is 13.0 Å². The van der Waals surface area contributed by atoms with Gasteiger partial charge < -0.3 is 4.57 Å². The van der Waals surface area contributed by atoms with Gasteiger partial charge in [-0.1, -0.05) is 12.1 Å². The number of fused-ring (bicyclic) bond motifs is 5. The first-order chi connectivity index (χ1) is 11.8. The molecule has 0 spiro atoms. The molecule has 1 N–H and O–H groups in total. The molecule has 0 amide bonds. The van der Waals surface area contributed by atoms with Crippen LogP contribution in [0.25, 0.3) is 17.1 Å². The van der Waals surface area contributed by atoms with E-state index in [4.69, 9.17) is 10.1 Å². The summed E-state index contributed by atoms with van der Waals surface area (Å²) in [7, 11) is 0. The van der Waals surface area contributed by atoms with Crippen molar-refractivity contribution >= 4 is 12.4 Å². The molecule has 126 valence electrons. The lowest BCUT2D eigenvalue weighted by Crippen LogP contribution is -2.06. The second-order valence-corrected chi connectivity index (χ2v) is 5.93. The van der Waals surface area contributed by atoms with Crippen LogP contribution in [0.5, 0.6) is 0 Å². The number of aromatic nitrogens is 7. The summed E-state index contributed by atoms with van der Waals surface area (Å²) in [6.07, 6.45) is 4.26. The zero-order valence-electron chi connectivity index (χ0n) is 13.5. The van der Waals surface area contributed by atoms with Crippen LogP contribution in [0.15, 0.2) is 42.9 Å². The maximum atomic E-state index is 4.79. The first-order valence-corrected chi connectivity index (χ1v) is 7.84. The second-order valence-electron chi connectivity index (χ2n) is 5.93. The third-order valence-electron chi connectivity index (χ3n) is 4.40. The molecular formula is C17H16ClN7. The lowest BCUT2D eigenvalue weighted by Gasteiger charge is -2.07. The molecule has 0 bridgehead atoms. The number of aryl methyl sites for hydroxylation is 1. The first-order valence-electron chi connectivity index (χ1n) is 7.84. The van der Waals surface area contributed by atoms with Gasteiger partial charge in [0.2, 0.25) is 0 Å². The number of hydrogen-bond donors (Lipinski definition) is 1. The van der Waals surface area contributed by atoms with Crippen LogP contribution in [-0.2, 0) is 13.0 Å².